The second-order valence-corrected chi connectivity index (χ2v) is 7.61. The maximum Gasteiger partial charge on any atom is 0.231 e. The fraction of sp³-hybridized carbons (Fsp3) is 0.357. The molecular formula is C14H19N3O2S2. The van der Waals surface area contributed by atoms with E-state index in [9.17, 15) is 8.42 Å². The molecule has 1 heterocycles. The van der Waals surface area contributed by atoms with Crippen molar-refractivity contribution in [3.8, 4) is 11.3 Å². The summed E-state index contributed by atoms with van der Waals surface area (Å²) in [5.41, 5.74) is 2.51. The zero-order valence-electron chi connectivity index (χ0n) is 12.3. The summed E-state index contributed by atoms with van der Waals surface area (Å²) in [5.74, 6) is 0. The molecule has 0 atom stereocenters. The smallest absolute Gasteiger partial charge is 0.231 e. The molecule has 0 saturated heterocycles. The Hall–Kier alpha value is -1.60. The van der Waals surface area contributed by atoms with Crippen LogP contribution in [0.1, 0.15) is 13.3 Å². The Labute approximate surface area is 129 Å². The summed E-state index contributed by atoms with van der Waals surface area (Å²) >= 11 is 1.57. The first-order chi connectivity index (χ1) is 9.91. The van der Waals surface area contributed by atoms with Crippen LogP contribution >= 0.6 is 11.3 Å². The number of aromatic nitrogens is 1. The number of anilines is 2. The SMILES string of the molecule is CCCNc1nc(-c2ccc(N(C)S(C)(=O)=O)cc2)cs1. The second-order valence-electron chi connectivity index (χ2n) is 4.74. The van der Waals surface area contributed by atoms with Gasteiger partial charge in [-0.05, 0) is 18.6 Å². The molecular weight excluding hydrogens is 306 g/mol. The highest BCUT2D eigenvalue weighted by molar-refractivity contribution is 7.92. The van der Waals surface area contributed by atoms with Crippen molar-refractivity contribution in [2.75, 3.05) is 29.5 Å². The van der Waals surface area contributed by atoms with Gasteiger partial charge in [0.15, 0.2) is 5.13 Å². The number of nitrogens with one attached hydrogen (secondary N) is 1. The summed E-state index contributed by atoms with van der Waals surface area (Å²) in [5, 5.41) is 6.15. The summed E-state index contributed by atoms with van der Waals surface area (Å²) in [6.45, 7) is 3.02. The third-order valence-corrected chi connectivity index (χ3v) is 5.06. The predicted molar refractivity (Wildman–Crippen MR) is 89.6 cm³/mol. The fourth-order valence-electron chi connectivity index (χ4n) is 1.75. The largest absolute Gasteiger partial charge is 0.362 e. The quantitative estimate of drug-likeness (QED) is 0.887. The van der Waals surface area contributed by atoms with Crippen molar-refractivity contribution in [1.29, 1.82) is 0 Å². The highest BCUT2D eigenvalue weighted by Gasteiger charge is 2.12. The minimum atomic E-state index is -3.23. The van der Waals surface area contributed by atoms with Crippen molar-refractivity contribution < 1.29 is 8.42 Å². The van der Waals surface area contributed by atoms with Gasteiger partial charge in [0, 0.05) is 24.5 Å². The predicted octanol–water partition coefficient (Wildman–Crippen LogP) is 3.03. The van der Waals surface area contributed by atoms with E-state index in [-0.39, 0.29) is 0 Å². The number of nitrogens with zero attached hydrogens (tertiary/aromatic N) is 2. The maximum absolute atomic E-state index is 11.5. The summed E-state index contributed by atoms with van der Waals surface area (Å²) < 4.78 is 24.3. The summed E-state index contributed by atoms with van der Waals surface area (Å²) in [4.78, 5) is 4.52. The lowest BCUT2D eigenvalue weighted by Gasteiger charge is -2.16. The van der Waals surface area contributed by atoms with E-state index in [1.807, 2.05) is 17.5 Å². The third kappa shape index (κ3) is 3.95. The Balaban J connectivity index is 2.17. The first-order valence-electron chi connectivity index (χ1n) is 6.65. The van der Waals surface area contributed by atoms with Crippen LogP contribution in [0.15, 0.2) is 29.6 Å². The Morgan fingerprint density at radius 3 is 2.52 bits per heavy atom. The van der Waals surface area contributed by atoms with Gasteiger partial charge in [-0.25, -0.2) is 13.4 Å². The normalized spacial score (nSPS) is 11.4. The lowest BCUT2D eigenvalue weighted by atomic mass is 10.1. The van der Waals surface area contributed by atoms with Crippen molar-refractivity contribution in [2.24, 2.45) is 0 Å². The molecule has 5 nitrogen and oxygen atoms in total. The third-order valence-electron chi connectivity index (χ3n) is 3.05. The van der Waals surface area contributed by atoms with Crippen molar-refractivity contribution in [2.45, 2.75) is 13.3 Å². The van der Waals surface area contributed by atoms with E-state index in [1.54, 1.807) is 30.5 Å². The van der Waals surface area contributed by atoms with Gasteiger partial charge in [0.1, 0.15) is 0 Å². The van der Waals surface area contributed by atoms with Gasteiger partial charge < -0.3 is 5.32 Å². The van der Waals surface area contributed by atoms with Crippen LogP contribution < -0.4 is 9.62 Å². The van der Waals surface area contributed by atoms with E-state index in [2.05, 4.69) is 17.2 Å². The van der Waals surface area contributed by atoms with Crippen LogP contribution in [0.4, 0.5) is 10.8 Å². The topological polar surface area (TPSA) is 62.3 Å². The molecule has 1 N–H and O–H groups in total. The molecule has 0 fully saturated rings. The number of sulfonamides is 1. The molecule has 2 rings (SSSR count). The van der Waals surface area contributed by atoms with E-state index in [0.29, 0.717) is 5.69 Å². The van der Waals surface area contributed by atoms with Gasteiger partial charge in [-0.3, -0.25) is 4.31 Å². The van der Waals surface area contributed by atoms with Gasteiger partial charge in [-0.2, -0.15) is 0 Å². The average molecular weight is 325 g/mol. The number of hydrogen-bond donors (Lipinski definition) is 1. The van der Waals surface area contributed by atoms with E-state index in [1.165, 1.54) is 10.6 Å². The molecule has 114 valence electrons. The van der Waals surface area contributed by atoms with Gasteiger partial charge in [0.2, 0.25) is 10.0 Å². The molecule has 0 aliphatic carbocycles. The van der Waals surface area contributed by atoms with E-state index in [4.69, 9.17) is 0 Å². The van der Waals surface area contributed by atoms with Gasteiger partial charge >= 0.3 is 0 Å². The monoisotopic (exact) mass is 325 g/mol. The Morgan fingerprint density at radius 1 is 1.29 bits per heavy atom. The lowest BCUT2D eigenvalue weighted by molar-refractivity contribution is 0.600. The molecule has 1 aromatic carbocycles. The van der Waals surface area contributed by atoms with E-state index in [0.717, 1.165) is 29.4 Å². The van der Waals surface area contributed by atoms with Gasteiger partial charge in [0.25, 0.3) is 0 Å². The number of benzene rings is 1. The summed E-state index contributed by atoms with van der Waals surface area (Å²) in [6, 6.07) is 7.34. The highest BCUT2D eigenvalue weighted by atomic mass is 32.2. The standard InChI is InChI=1S/C14H19N3O2S2/c1-4-9-15-14-16-13(10-20-14)11-5-7-12(8-6-11)17(2)21(3,18)19/h5-8,10H,4,9H2,1-3H3,(H,15,16). The van der Waals surface area contributed by atoms with Crippen LogP contribution in [0, 0.1) is 0 Å². The van der Waals surface area contributed by atoms with E-state index < -0.39 is 10.0 Å². The van der Waals surface area contributed by atoms with Crippen molar-refractivity contribution >= 4 is 32.2 Å². The molecule has 0 saturated carbocycles. The van der Waals surface area contributed by atoms with E-state index >= 15 is 0 Å². The van der Waals surface area contributed by atoms with Crippen LogP contribution in [0.3, 0.4) is 0 Å². The molecule has 7 heteroatoms. The fourth-order valence-corrected chi connectivity index (χ4v) is 3.01. The number of rotatable bonds is 6. The van der Waals surface area contributed by atoms with Crippen molar-refractivity contribution in [1.82, 2.24) is 4.98 Å². The minimum absolute atomic E-state index is 0.640. The Morgan fingerprint density at radius 2 is 1.95 bits per heavy atom. The molecule has 2 aromatic rings. The second kappa shape index (κ2) is 6.44. The van der Waals surface area contributed by atoms with Crippen molar-refractivity contribution in [3.05, 3.63) is 29.6 Å². The molecule has 0 radical (unpaired) electrons. The first-order valence-corrected chi connectivity index (χ1v) is 9.38. The average Bonchev–Trinajstić information content (AvgIpc) is 2.92. The molecule has 0 aliphatic heterocycles. The number of hydrogen-bond acceptors (Lipinski definition) is 5. The summed E-state index contributed by atoms with van der Waals surface area (Å²) in [7, 11) is -1.69. The molecule has 0 spiro atoms. The first kappa shape index (κ1) is 15.8. The molecule has 0 amide bonds. The molecule has 21 heavy (non-hydrogen) atoms. The van der Waals surface area contributed by atoms with Crippen LogP contribution in [-0.4, -0.2) is 33.2 Å². The molecule has 0 bridgehead atoms. The molecule has 1 aromatic heterocycles. The van der Waals surface area contributed by atoms with Gasteiger partial charge in [-0.15, -0.1) is 11.3 Å². The minimum Gasteiger partial charge on any atom is -0.362 e. The lowest BCUT2D eigenvalue weighted by Crippen LogP contribution is -2.24. The molecule has 0 aliphatic rings. The van der Waals surface area contributed by atoms with Crippen molar-refractivity contribution in [3.63, 3.8) is 0 Å². The zero-order chi connectivity index (χ0) is 15.5. The Bertz CT molecular complexity index is 693. The van der Waals surface area contributed by atoms with Gasteiger partial charge in [0.05, 0.1) is 17.6 Å². The summed E-state index contributed by atoms with van der Waals surface area (Å²) in [6.07, 6.45) is 2.24. The Kier molecular flexibility index (Phi) is 4.84. The van der Waals surface area contributed by atoms with Crippen LogP contribution in [0.2, 0.25) is 0 Å². The molecule has 0 unspecified atom stereocenters. The van der Waals surface area contributed by atoms with Gasteiger partial charge in [-0.1, -0.05) is 19.1 Å². The number of thiazole rings is 1. The zero-order valence-corrected chi connectivity index (χ0v) is 14.0. The maximum atomic E-state index is 11.5. The van der Waals surface area contributed by atoms with Crippen LogP contribution in [0.5, 0.6) is 0 Å². The van der Waals surface area contributed by atoms with Crippen LogP contribution in [-0.2, 0) is 10.0 Å². The van der Waals surface area contributed by atoms with Crippen LogP contribution in [0.25, 0.3) is 11.3 Å². The highest BCUT2D eigenvalue weighted by Crippen LogP contribution is 2.27.